The molecule has 94 valence electrons. The van der Waals surface area contributed by atoms with Gasteiger partial charge in [0.1, 0.15) is 5.75 Å². The Labute approximate surface area is 102 Å². The number of rotatable bonds is 6. The fraction of sp³-hybridized carbons (Fsp3) is 0.462. The Morgan fingerprint density at radius 1 is 1.29 bits per heavy atom. The molecule has 0 aliphatic heterocycles. The van der Waals surface area contributed by atoms with Crippen molar-refractivity contribution in [1.29, 1.82) is 0 Å². The first-order chi connectivity index (χ1) is 8.17. The summed E-state index contributed by atoms with van der Waals surface area (Å²) in [5.74, 6) is 0.317. The first-order valence-corrected chi connectivity index (χ1v) is 5.86. The van der Waals surface area contributed by atoms with Crippen LogP contribution in [0.5, 0.6) is 5.75 Å². The van der Waals surface area contributed by atoms with Gasteiger partial charge in [0.25, 0.3) is 0 Å². The van der Waals surface area contributed by atoms with E-state index in [0.29, 0.717) is 24.5 Å². The highest BCUT2D eigenvalue weighted by Gasteiger charge is 2.20. The van der Waals surface area contributed by atoms with E-state index in [1.165, 1.54) is 0 Å². The van der Waals surface area contributed by atoms with Crippen LogP contribution in [-0.4, -0.2) is 18.7 Å². The first-order valence-electron chi connectivity index (χ1n) is 5.86. The molecule has 0 aliphatic rings. The van der Waals surface area contributed by atoms with E-state index in [1.807, 2.05) is 6.92 Å². The Bertz CT molecular complexity index is 348. The van der Waals surface area contributed by atoms with Gasteiger partial charge >= 0.3 is 5.97 Å². The van der Waals surface area contributed by atoms with Gasteiger partial charge in [0.05, 0.1) is 6.61 Å². The minimum absolute atomic E-state index is 0.314. The SMILES string of the molecule is CCCC(Oc1ccc(N)cc1)C(=O)OCC. The van der Waals surface area contributed by atoms with Crippen LogP contribution < -0.4 is 10.5 Å². The van der Waals surface area contributed by atoms with Gasteiger partial charge in [-0.05, 0) is 37.6 Å². The van der Waals surface area contributed by atoms with E-state index in [1.54, 1.807) is 31.2 Å². The van der Waals surface area contributed by atoms with Crippen LogP contribution >= 0.6 is 0 Å². The second-order valence-electron chi connectivity index (χ2n) is 3.72. The fourth-order valence-corrected chi connectivity index (χ4v) is 1.43. The third-order valence-electron chi connectivity index (χ3n) is 2.26. The van der Waals surface area contributed by atoms with Crippen LogP contribution in [0, 0.1) is 0 Å². The standard InChI is InChI=1S/C13H19NO3/c1-3-5-12(13(15)16-4-2)17-11-8-6-10(14)7-9-11/h6-9,12H,3-5,14H2,1-2H3. The highest BCUT2D eigenvalue weighted by molar-refractivity contribution is 5.75. The second-order valence-corrected chi connectivity index (χ2v) is 3.72. The molecule has 0 saturated heterocycles. The van der Waals surface area contributed by atoms with Crippen LogP contribution in [0.15, 0.2) is 24.3 Å². The number of esters is 1. The molecule has 1 rings (SSSR count). The van der Waals surface area contributed by atoms with Gasteiger partial charge in [-0.3, -0.25) is 0 Å². The van der Waals surface area contributed by atoms with E-state index in [-0.39, 0.29) is 5.97 Å². The van der Waals surface area contributed by atoms with Crippen molar-refractivity contribution in [2.24, 2.45) is 0 Å². The minimum Gasteiger partial charge on any atom is -0.479 e. The van der Waals surface area contributed by atoms with Gasteiger partial charge in [-0.25, -0.2) is 4.79 Å². The molecule has 4 nitrogen and oxygen atoms in total. The summed E-state index contributed by atoms with van der Waals surface area (Å²) in [4.78, 5) is 11.6. The van der Waals surface area contributed by atoms with Crippen molar-refractivity contribution in [2.75, 3.05) is 12.3 Å². The quantitative estimate of drug-likeness (QED) is 0.609. The Morgan fingerprint density at radius 3 is 2.47 bits per heavy atom. The predicted octanol–water partition coefficient (Wildman–Crippen LogP) is 2.38. The number of nitrogens with two attached hydrogens (primary N) is 1. The van der Waals surface area contributed by atoms with Crippen molar-refractivity contribution in [3.63, 3.8) is 0 Å². The van der Waals surface area contributed by atoms with E-state index in [0.717, 1.165) is 6.42 Å². The fourth-order valence-electron chi connectivity index (χ4n) is 1.43. The molecule has 0 aromatic heterocycles. The number of carbonyl (C=O) groups excluding carboxylic acids is 1. The normalized spacial score (nSPS) is 11.9. The van der Waals surface area contributed by atoms with E-state index in [2.05, 4.69) is 0 Å². The van der Waals surface area contributed by atoms with Crippen molar-refractivity contribution in [3.8, 4) is 5.75 Å². The third kappa shape index (κ3) is 4.34. The number of ether oxygens (including phenoxy) is 2. The third-order valence-corrected chi connectivity index (χ3v) is 2.26. The van der Waals surface area contributed by atoms with E-state index in [4.69, 9.17) is 15.2 Å². The molecule has 1 atom stereocenters. The lowest BCUT2D eigenvalue weighted by molar-refractivity contribution is -0.151. The summed E-state index contributed by atoms with van der Waals surface area (Å²) < 4.78 is 10.6. The molecule has 1 unspecified atom stereocenters. The van der Waals surface area contributed by atoms with E-state index < -0.39 is 6.10 Å². The number of hydrogen-bond donors (Lipinski definition) is 1. The van der Waals surface area contributed by atoms with Crippen molar-refractivity contribution in [1.82, 2.24) is 0 Å². The van der Waals surface area contributed by atoms with Crippen LogP contribution in [0.1, 0.15) is 26.7 Å². The zero-order chi connectivity index (χ0) is 12.7. The highest BCUT2D eigenvalue weighted by Crippen LogP contribution is 2.17. The van der Waals surface area contributed by atoms with Crippen LogP contribution in [0.3, 0.4) is 0 Å². The second kappa shape index (κ2) is 6.78. The molecular weight excluding hydrogens is 218 g/mol. The van der Waals surface area contributed by atoms with Crippen LogP contribution in [0.4, 0.5) is 5.69 Å². The average Bonchev–Trinajstić information content (AvgIpc) is 2.31. The van der Waals surface area contributed by atoms with Crippen LogP contribution in [0.25, 0.3) is 0 Å². The van der Waals surface area contributed by atoms with Gasteiger partial charge < -0.3 is 15.2 Å². The summed E-state index contributed by atoms with van der Waals surface area (Å²) in [6, 6.07) is 6.97. The Kier molecular flexibility index (Phi) is 5.33. The summed E-state index contributed by atoms with van der Waals surface area (Å²) in [6.07, 6.45) is 0.963. The lowest BCUT2D eigenvalue weighted by Gasteiger charge is -2.17. The van der Waals surface area contributed by atoms with Gasteiger partial charge in [0, 0.05) is 5.69 Å². The lowest BCUT2D eigenvalue weighted by atomic mass is 10.2. The highest BCUT2D eigenvalue weighted by atomic mass is 16.6. The molecule has 0 amide bonds. The smallest absolute Gasteiger partial charge is 0.347 e. The number of benzene rings is 1. The molecule has 17 heavy (non-hydrogen) atoms. The van der Waals surface area contributed by atoms with E-state index in [9.17, 15) is 4.79 Å². The molecule has 4 heteroatoms. The van der Waals surface area contributed by atoms with E-state index >= 15 is 0 Å². The topological polar surface area (TPSA) is 61.5 Å². The number of hydrogen-bond acceptors (Lipinski definition) is 4. The maximum atomic E-state index is 11.6. The molecule has 0 fully saturated rings. The zero-order valence-electron chi connectivity index (χ0n) is 10.3. The van der Waals surface area contributed by atoms with Crippen molar-refractivity contribution in [2.45, 2.75) is 32.8 Å². The van der Waals surface area contributed by atoms with Crippen LogP contribution in [-0.2, 0) is 9.53 Å². The van der Waals surface area contributed by atoms with Gasteiger partial charge in [0.15, 0.2) is 6.10 Å². The molecule has 1 aromatic carbocycles. The average molecular weight is 237 g/mol. The zero-order valence-corrected chi connectivity index (χ0v) is 10.3. The molecular formula is C13H19NO3. The summed E-state index contributed by atoms with van der Waals surface area (Å²) >= 11 is 0. The monoisotopic (exact) mass is 237 g/mol. The minimum atomic E-state index is -0.538. The largest absolute Gasteiger partial charge is 0.479 e. The van der Waals surface area contributed by atoms with Gasteiger partial charge in [-0.1, -0.05) is 13.3 Å². The predicted molar refractivity (Wildman–Crippen MR) is 66.8 cm³/mol. The summed E-state index contributed by atoms with van der Waals surface area (Å²) in [6.45, 7) is 4.15. The number of carbonyl (C=O) groups is 1. The van der Waals surface area contributed by atoms with Crippen molar-refractivity contribution >= 4 is 11.7 Å². The summed E-state index contributed by atoms with van der Waals surface area (Å²) in [5, 5.41) is 0. The first kappa shape index (κ1) is 13.4. The molecule has 0 bridgehead atoms. The maximum Gasteiger partial charge on any atom is 0.347 e. The van der Waals surface area contributed by atoms with Crippen molar-refractivity contribution < 1.29 is 14.3 Å². The van der Waals surface area contributed by atoms with Gasteiger partial charge in [-0.15, -0.1) is 0 Å². The Morgan fingerprint density at radius 2 is 1.94 bits per heavy atom. The summed E-state index contributed by atoms with van der Waals surface area (Å²) in [5.41, 5.74) is 6.24. The molecule has 0 heterocycles. The maximum absolute atomic E-state index is 11.6. The molecule has 1 aromatic rings. The lowest BCUT2D eigenvalue weighted by Crippen LogP contribution is -2.29. The molecule has 2 N–H and O–H groups in total. The molecule has 0 radical (unpaired) electrons. The van der Waals surface area contributed by atoms with Crippen molar-refractivity contribution in [3.05, 3.63) is 24.3 Å². The molecule has 0 saturated carbocycles. The van der Waals surface area contributed by atoms with Crippen LogP contribution in [0.2, 0.25) is 0 Å². The van der Waals surface area contributed by atoms with Gasteiger partial charge in [0.2, 0.25) is 0 Å². The Hall–Kier alpha value is -1.71. The molecule has 0 spiro atoms. The summed E-state index contributed by atoms with van der Waals surface area (Å²) in [7, 11) is 0. The molecule has 0 aliphatic carbocycles. The van der Waals surface area contributed by atoms with Gasteiger partial charge in [-0.2, -0.15) is 0 Å². The number of nitrogen functional groups attached to an aromatic ring is 1. The Balaban J connectivity index is 2.65. The number of anilines is 1.